The van der Waals surface area contributed by atoms with Crippen molar-refractivity contribution in [3.63, 3.8) is 0 Å². The van der Waals surface area contributed by atoms with Gasteiger partial charge in [0.25, 0.3) is 0 Å². The van der Waals surface area contributed by atoms with Crippen LogP contribution < -0.4 is 21.5 Å². The van der Waals surface area contributed by atoms with Crippen LogP contribution in [0.5, 0.6) is 0 Å². The largest absolute Gasteiger partial charge is 0.321 e. The van der Waals surface area contributed by atoms with Gasteiger partial charge in [-0.1, -0.05) is 12.1 Å². The molecule has 1 fully saturated rings. The smallest absolute Gasteiger partial charge is 0.320 e. The number of carbonyl (C=O) groups excluding carboxylic acids is 1. The van der Waals surface area contributed by atoms with Crippen LogP contribution in [0.2, 0.25) is 0 Å². The number of carbonyl (C=O) groups is 1. The normalized spacial score (nSPS) is 20.4. The zero-order chi connectivity index (χ0) is 16.2. The van der Waals surface area contributed by atoms with Crippen molar-refractivity contribution in [2.45, 2.75) is 39.0 Å². The number of hydrazine groups is 1. The first-order chi connectivity index (χ1) is 11.2. The average molecular weight is 316 g/mol. The molecule has 1 aromatic heterocycles. The lowest BCUT2D eigenvalue weighted by Gasteiger charge is -2.13. The quantitative estimate of drug-likeness (QED) is 0.661. The minimum Gasteiger partial charge on any atom is -0.321 e. The molecular weight excluding hydrogens is 296 g/mol. The summed E-state index contributed by atoms with van der Waals surface area (Å²) in [5.41, 5.74) is 7.62. The van der Waals surface area contributed by atoms with Gasteiger partial charge in [-0.15, -0.1) is 5.10 Å². The lowest BCUT2D eigenvalue weighted by Crippen LogP contribution is -2.45. The first kappa shape index (κ1) is 15.4. The molecule has 1 aliphatic heterocycles. The SMILES string of the molecule is CCn1nnnc1-c1cccc(NC(=O)NC2CC(C)NN2)c1. The van der Waals surface area contributed by atoms with Crippen molar-refractivity contribution in [3.8, 4) is 11.4 Å². The summed E-state index contributed by atoms with van der Waals surface area (Å²) < 4.78 is 1.70. The summed E-state index contributed by atoms with van der Waals surface area (Å²) >= 11 is 0. The first-order valence-electron chi connectivity index (χ1n) is 7.61. The Labute approximate surface area is 133 Å². The van der Waals surface area contributed by atoms with Gasteiger partial charge in [0.15, 0.2) is 5.82 Å². The van der Waals surface area contributed by atoms with Gasteiger partial charge in [-0.05, 0) is 42.8 Å². The second-order valence-electron chi connectivity index (χ2n) is 5.48. The summed E-state index contributed by atoms with van der Waals surface area (Å²) in [6.45, 7) is 4.70. The maximum Gasteiger partial charge on any atom is 0.320 e. The molecule has 2 unspecified atom stereocenters. The summed E-state index contributed by atoms with van der Waals surface area (Å²) in [6.07, 6.45) is 0.749. The maximum atomic E-state index is 12.1. The molecule has 9 heteroatoms. The second-order valence-corrected chi connectivity index (χ2v) is 5.48. The van der Waals surface area contributed by atoms with E-state index in [9.17, 15) is 4.79 Å². The molecule has 3 rings (SSSR count). The first-order valence-corrected chi connectivity index (χ1v) is 7.61. The number of aryl methyl sites for hydroxylation is 1. The Bertz CT molecular complexity index is 685. The molecule has 2 amide bonds. The molecule has 4 N–H and O–H groups in total. The average Bonchev–Trinajstić information content (AvgIpc) is 3.16. The Kier molecular flexibility index (Phi) is 4.49. The summed E-state index contributed by atoms with van der Waals surface area (Å²) in [5, 5.41) is 17.3. The number of nitrogens with one attached hydrogen (secondary N) is 4. The second kappa shape index (κ2) is 6.71. The molecule has 122 valence electrons. The zero-order valence-electron chi connectivity index (χ0n) is 13.1. The van der Waals surface area contributed by atoms with Crippen molar-refractivity contribution in [2.75, 3.05) is 5.32 Å². The number of tetrazole rings is 1. The molecular formula is C14H20N8O. The molecule has 0 spiro atoms. The minimum atomic E-state index is -0.259. The molecule has 0 saturated carbocycles. The van der Waals surface area contributed by atoms with Crippen molar-refractivity contribution in [3.05, 3.63) is 24.3 Å². The van der Waals surface area contributed by atoms with E-state index in [2.05, 4.69) is 37.0 Å². The highest BCUT2D eigenvalue weighted by molar-refractivity contribution is 5.90. The summed E-state index contributed by atoms with van der Waals surface area (Å²) in [4.78, 5) is 12.1. The van der Waals surface area contributed by atoms with Crippen molar-refractivity contribution in [1.82, 2.24) is 36.4 Å². The van der Waals surface area contributed by atoms with E-state index in [0.717, 1.165) is 12.0 Å². The Morgan fingerprint density at radius 1 is 1.43 bits per heavy atom. The fraction of sp³-hybridized carbons (Fsp3) is 0.429. The van der Waals surface area contributed by atoms with Crippen molar-refractivity contribution in [1.29, 1.82) is 0 Å². The van der Waals surface area contributed by atoms with E-state index >= 15 is 0 Å². The molecule has 1 saturated heterocycles. The van der Waals surface area contributed by atoms with Crippen LogP contribution >= 0.6 is 0 Å². The fourth-order valence-electron chi connectivity index (χ4n) is 2.50. The number of rotatable bonds is 4. The van der Waals surface area contributed by atoms with E-state index < -0.39 is 0 Å². The third-order valence-corrected chi connectivity index (χ3v) is 3.61. The van der Waals surface area contributed by atoms with Crippen LogP contribution in [0.3, 0.4) is 0 Å². The maximum absolute atomic E-state index is 12.1. The van der Waals surface area contributed by atoms with Crippen LogP contribution in [0, 0.1) is 0 Å². The molecule has 2 atom stereocenters. The molecule has 1 aliphatic rings. The number of benzene rings is 1. The number of urea groups is 1. The van der Waals surface area contributed by atoms with E-state index in [-0.39, 0.29) is 12.2 Å². The highest BCUT2D eigenvalue weighted by Gasteiger charge is 2.21. The van der Waals surface area contributed by atoms with Gasteiger partial charge >= 0.3 is 6.03 Å². The number of hydrogen-bond acceptors (Lipinski definition) is 6. The van der Waals surface area contributed by atoms with Crippen LogP contribution in [0.4, 0.5) is 10.5 Å². The Morgan fingerprint density at radius 2 is 2.30 bits per heavy atom. The van der Waals surface area contributed by atoms with Crippen LogP contribution in [0.15, 0.2) is 24.3 Å². The number of amides is 2. The summed E-state index contributed by atoms with van der Waals surface area (Å²) in [7, 11) is 0. The number of aromatic nitrogens is 4. The van der Waals surface area contributed by atoms with Crippen molar-refractivity contribution in [2.24, 2.45) is 0 Å². The van der Waals surface area contributed by atoms with Crippen LogP contribution in [0.1, 0.15) is 20.3 Å². The number of anilines is 1. The lowest BCUT2D eigenvalue weighted by molar-refractivity contribution is 0.247. The highest BCUT2D eigenvalue weighted by atomic mass is 16.2. The third kappa shape index (κ3) is 3.63. The molecule has 1 aromatic carbocycles. The Morgan fingerprint density at radius 3 is 3.04 bits per heavy atom. The van der Waals surface area contributed by atoms with Crippen LogP contribution in [-0.4, -0.2) is 38.4 Å². The topological polar surface area (TPSA) is 109 Å². The number of nitrogens with zero attached hydrogens (tertiary/aromatic N) is 4. The zero-order valence-corrected chi connectivity index (χ0v) is 13.1. The third-order valence-electron chi connectivity index (χ3n) is 3.61. The van der Waals surface area contributed by atoms with Gasteiger partial charge in [-0.25, -0.2) is 14.9 Å². The van der Waals surface area contributed by atoms with Crippen molar-refractivity contribution < 1.29 is 4.79 Å². The molecule has 23 heavy (non-hydrogen) atoms. The molecule has 0 radical (unpaired) electrons. The van der Waals surface area contributed by atoms with Crippen LogP contribution in [-0.2, 0) is 6.54 Å². The molecule has 9 nitrogen and oxygen atoms in total. The number of hydrogen-bond donors (Lipinski definition) is 4. The molecule has 0 bridgehead atoms. The van der Waals surface area contributed by atoms with Gasteiger partial charge in [-0.3, -0.25) is 5.43 Å². The van der Waals surface area contributed by atoms with Gasteiger partial charge in [0, 0.05) is 23.8 Å². The van der Waals surface area contributed by atoms with E-state index in [1.165, 1.54) is 0 Å². The standard InChI is InChI=1S/C14H20N8O/c1-3-22-13(19-20-21-22)10-5-4-6-11(8-10)15-14(23)16-12-7-9(2)17-18-12/h4-6,8-9,12,17-18H,3,7H2,1-2H3,(H2,15,16,23). The van der Waals surface area contributed by atoms with Crippen molar-refractivity contribution >= 4 is 11.7 Å². The summed E-state index contributed by atoms with van der Waals surface area (Å²) in [5.74, 6) is 0.673. The van der Waals surface area contributed by atoms with E-state index in [1.54, 1.807) is 4.68 Å². The summed E-state index contributed by atoms with van der Waals surface area (Å²) in [6, 6.07) is 7.51. The van der Waals surface area contributed by atoms with Crippen LogP contribution in [0.25, 0.3) is 11.4 Å². The fourth-order valence-corrected chi connectivity index (χ4v) is 2.50. The Balaban J connectivity index is 1.67. The van der Waals surface area contributed by atoms with Gasteiger partial charge in [-0.2, -0.15) is 0 Å². The van der Waals surface area contributed by atoms with E-state index in [0.29, 0.717) is 24.1 Å². The predicted octanol–water partition coefficient (Wildman–Crippen LogP) is 0.694. The minimum absolute atomic E-state index is 0.0828. The molecule has 0 aliphatic carbocycles. The molecule has 2 aromatic rings. The van der Waals surface area contributed by atoms with Gasteiger partial charge < -0.3 is 10.6 Å². The lowest BCUT2D eigenvalue weighted by atomic mass is 10.2. The monoisotopic (exact) mass is 316 g/mol. The van der Waals surface area contributed by atoms with E-state index in [1.807, 2.05) is 38.1 Å². The van der Waals surface area contributed by atoms with Gasteiger partial charge in [0.2, 0.25) is 0 Å². The predicted molar refractivity (Wildman–Crippen MR) is 85.2 cm³/mol. The Hall–Kier alpha value is -2.52. The van der Waals surface area contributed by atoms with E-state index in [4.69, 9.17) is 0 Å². The highest BCUT2D eigenvalue weighted by Crippen LogP contribution is 2.20. The van der Waals surface area contributed by atoms with Gasteiger partial charge in [0.1, 0.15) is 0 Å². The van der Waals surface area contributed by atoms with Gasteiger partial charge in [0.05, 0.1) is 6.17 Å². The molecule has 2 heterocycles.